The second kappa shape index (κ2) is 7.11. The lowest BCUT2D eigenvalue weighted by Crippen LogP contribution is -2.22. The second-order valence-corrected chi connectivity index (χ2v) is 6.20. The number of hydrogen-bond acceptors (Lipinski definition) is 2. The summed E-state index contributed by atoms with van der Waals surface area (Å²) < 4.78 is 6.94. The average Bonchev–Trinajstić information content (AvgIpc) is 2.37. The van der Waals surface area contributed by atoms with Gasteiger partial charge in [0.15, 0.2) is 0 Å². The first-order valence-electron chi connectivity index (χ1n) is 6.50. The Bertz CT molecular complexity index is 586. The minimum atomic E-state index is 0.428. The summed E-state index contributed by atoms with van der Waals surface area (Å²) in [6.07, 6.45) is 0. The Labute approximate surface area is 133 Å². The van der Waals surface area contributed by atoms with Gasteiger partial charge in [0.05, 0.1) is 0 Å². The van der Waals surface area contributed by atoms with Gasteiger partial charge < -0.3 is 10.1 Å². The summed E-state index contributed by atoms with van der Waals surface area (Å²) in [7, 11) is 0. The molecule has 0 heterocycles. The Morgan fingerprint density at radius 3 is 2.70 bits per heavy atom. The minimum absolute atomic E-state index is 0.428. The van der Waals surface area contributed by atoms with Crippen LogP contribution in [0.1, 0.15) is 19.4 Å². The summed E-state index contributed by atoms with van der Waals surface area (Å²) in [5.41, 5.74) is 1.11. The van der Waals surface area contributed by atoms with E-state index in [-0.39, 0.29) is 0 Å². The lowest BCUT2D eigenvalue weighted by molar-refractivity contribution is 0.469. The van der Waals surface area contributed by atoms with Gasteiger partial charge in [0.2, 0.25) is 0 Å². The van der Waals surface area contributed by atoms with Crippen LogP contribution in [0.4, 0.5) is 0 Å². The summed E-state index contributed by atoms with van der Waals surface area (Å²) in [4.78, 5) is 0. The number of nitrogens with one attached hydrogen (secondary N) is 1. The van der Waals surface area contributed by atoms with Gasteiger partial charge in [-0.1, -0.05) is 53.5 Å². The number of ether oxygens (including phenoxy) is 1. The van der Waals surface area contributed by atoms with Gasteiger partial charge in [-0.05, 0) is 30.3 Å². The van der Waals surface area contributed by atoms with Gasteiger partial charge in [-0.25, -0.2) is 0 Å². The molecule has 106 valence electrons. The van der Waals surface area contributed by atoms with Gasteiger partial charge in [0.1, 0.15) is 11.5 Å². The molecule has 0 atom stereocenters. The second-order valence-electron chi connectivity index (χ2n) is 4.85. The van der Waals surface area contributed by atoms with Crippen LogP contribution in [0.5, 0.6) is 11.5 Å². The number of rotatable bonds is 5. The van der Waals surface area contributed by atoms with Crippen molar-refractivity contribution in [2.75, 3.05) is 0 Å². The minimum Gasteiger partial charge on any atom is -0.457 e. The molecule has 0 saturated heterocycles. The molecule has 20 heavy (non-hydrogen) atoms. The smallest absolute Gasteiger partial charge is 0.133 e. The highest BCUT2D eigenvalue weighted by Crippen LogP contribution is 2.30. The van der Waals surface area contributed by atoms with E-state index in [0.717, 1.165) is 28.1 Å². The summed E-state index contributed by atoms with van der Waals surface area (Å²) in [5.74, 6) is 1.57. The molecule has 2 nitrogen and oxygen atoms in total. The molecule has 0 aliphatic heterocycles. The van der Waals surface area contributed by atoms with Crippen molar-refractivity contribution >= 4 is 27.5 Å². The first kappa shape index (κ1) is 15.4. The summed E-state index contributed by atoms with van der Waals surface area (Å²) >= 11 is 9.46. The third-order valence-electron chi connectivity index (χ3n) is 2.75. The van der Waals surface area contributed by atoms with Crippen molar-refractivity contribution in [2.45, 2.75) is 26.4 Å². The molecule has 0 aliphatic carbocycles. The van der Waals surface area contributed by atoms with Crippen LogP contribution in [-0.2, 0) is 6.54 Å². The zero-order chi connectivity index (χ0) is 14.5. The van der Waals surface area contributed by atoms with Crippen LogP contribution in [0, 0.1) is 0 Å². The van der Waals surface area contributed by atoms with Crippen molar-refractivity contribution in [3.8, 4) is 11.5 Å². The predicted octanol–water partition coefficient (Wildman–Crippen LogP) is 5.39. The van der Waals surface area contributed by atoms with E-state index in [1.54, 1.807) is 0 Å². The van der Waals surface area contributed by atoms with Gasteiger partial charge in [0.25, 0.3) is 0 Å². The van der Waals surface area contributed by atoms with Crippen LogP contribution in [0.25, 0.3) is 0 Å². The molecular weight excluding hydrogens is 338 g/mol. The molecule has 1 N–H and O–H groups in total. The van der Waals surface area contributed by atoms with Crippen molar-refractivity contribution in [1.29, 1.82) is 0 Å². The van der Waals surface area contributed by atoms with Crippen molar-refractivity contribution in [2.24, 2.45) is 0 Å². The molecule has 0 spiro atoms. The molecule has 2 aromatic carbocycles. The van der Waals surface area contributed by atoms with Crippen LogP contribution < -0.4 is 10.1 Å². The van der Waals surface area contributed by atoms with E-state index in [1.807, 2.05) is 36.4 Å². The van der Waals surface area contributed by atoms with Crippen molar-refractivity contribution < 1.29 is 4.74 Å². The van der Waals surface area contributed by atoms with E-state index >= 15 is 0 Å². The van der Waals surface area contributed by atoms with E-state index in [1.165, 1.54) is 0 Å². The molecule has 4 heteroatoms. The fraction of sp³-hybridized carbons (Fsp3) is 0.250. The third kappa shape index (κ3) is 4.51. The fourth-order valence-electron chi connectivity index (χ4n) is 1.74. The molecule has 0 amide bonds. The van der Waals surface area contributed by atoms with Crippen molar-refractivity contribution in [3.05, 3.63) is 57.5 Å². The average molecular weight is 355 g/mol. The summed E-state index contributed by atoms with van der Waals surface area (Å²) in [5, 5.41) is 4.06. The van der Waals surface area contributed by atoms with Crippen LogP contribution in [0.2, 0.25) is 5.02 Å². The molecule has 0 radical (unpaired) electrons. The summed E-state index contributed by atoms with van der Waals surface area (Å²) in [6.45, 7) is 5.01. The SMILES string of the molecule is CC(C)NCc1ccc(Br)cc1Oc1cccc(Cl)c1. The van der Waals surface area contributed by atoms with Crippen molar-refractivity contribution in [3.63, 3.8) is 0 Å². The van der Waals surface area contributed by atoms with Gasteiger partial charge in [-0.2, -0.15) is 0 Å². The van der Waals surface area contributed by atoms with Gasteiger partial charge in [0, 0.05) is 27.6 Å². The van der Waals surface area contributed by atoms with Crippen LogP contribution >= 0.6 is 27.5 Å². The maximum atomic E-state index is 5.98. The topological polar surface area (TPSA) is 21.3 Å². The number of halogens is 2. The molecule has 2 rings (SSSR count). The molecule has 0 fully saturated rings. The highest BCUT2D eigenvalue weighted by atomic mass is 79.9. The maximum absolute atomic E-state index is 5.98. The summed E-state index contributed by atoms with van der Waals surface area (Å²) in [6, 6.07) is 13.9. The normalized spacial score (nSPS) is 10.8. The standard InChI is InChI=1S/C16H17BrClNO/c1-11(2)19-10-12-6-7-13(17)8-16(12)20-15-5-3-4-14(18)9-15/h3-9,11,19H,10H2,1-2H3. The Morgan fingerprint density at radius 2 is 2.00 bits per heavy atom. The lowest BCUT2D eigenvalue weighted by Gasteiger charge is -2.14. The Morgan fingerprint density at radius 1 is 1.20 bits per heavy atom. The molecule has 0 bridgehead atoms. The Hall–Kier alpha value is -1.03. The lowest BCUT2D eigenvalue weighted by atomic mass is 10.2. The van der Waals surface area contributed by atoms with Crippen LogP contribution in [0.15, 0.2) is 46.9 Å². The molecule has 0 aromatic heterocycles. The van der Waals surface area contributed by atoms with Crippen LogP contribution in [0.3, 0.4) is 0 Å². The van der Waals surface area contributed by atoms with E-state index in [0.29, 0.717) is 11.1 Å². The number of hydrogen-bond donors (Lipinski definition) is 1. The zero-order valence-corrected chi connectivity index (χ0v) is 13.8. The van der Waals surface area contributed by atoms with E-state index in [2.05, 4.69) is 41.2 Å². The molecule has 0 saturated carbocycles. The van der Waals surface area contributed by atoms with E-state index in [4.69, 9.17) is 16.3 Å². The van der Waals surface area contributed by atoms with Crippen LogP contribution in [-0.4, -0.2) is 6.04 Å². The first-order valence-corrected chi connectivity index (χ1v) is 7.67. The highest BCUT2D eigenvalue weighted by Gasteiger charge is 2.07. The molecular formula is C16H17BrClNO. The Kier molecular flexibility index (Phi) is 5.46. The monoisotopic (exact) mass is 353 g/mol. The number of benzene rings is 2. The quantitative estimate of drug-likeness (QED) is 0.777. The first-order chi connectivity index (χ1) is 9.54. The Balaban J connectivity index is 2.22. The van der Waals surface area contributed by atoms with Gasteiger partial charge >= 0.3 is 0 Å². The van der Waals surface area contributed by atoms with E-state index < -0.39 is 0 Å². The molecule has 0 unspecified atom stereocenters. The largest absolute Gasteiger partial charge is 0.457 e. The third-order valence-corrected chi connectivity index (χ3v) is 3.48. The van der Waals surface area contributed by atoms with Gasteiger partial charge in [-0.15, -0.1) is 0 Å². The molecule has 2 aromatic rings. The fourth-order valence-corrected chi connectivity index (χ4v) is 2.26. The van der Waals surface area contributed by atoms with Crippen molar-refractivity contribution in [1.82, 2.24) is 5.32 Å². The predicted molar refractivity (Wildman–Crippen MR) is 87.6 cm³/mol. The highest BCUT2D eigenvalue weighted by molar-refractivity contribution is 9.10. The molecule has 0 aliphatic rings. The maximum Gasteiger partial charge on any atom is 0.133 e. The van der Waals surface area contributed by atoms with Gasteiger partial charge in [-0.3, -0.25) is 0 Å². The van der Waals surface area contributed by atoms with E-state index in [9.17, 15) is 0 Å². The zero-order valence-electron chi connectivity index (χ0n) is 11.5.